The van der Waals surface area contributed by atoms with E-state index in [1.807, 2.05) is 13.0 Å². The van der Waals surface area contributed by atoms with E-state index in [0.29, 0.717) is 0 Å². The number of allylic oxidation sites excluding steroid dienone is 2. The smallest absolute Gasteiger partial charge is 0.0726 e. The lowest BCUT2D eigenvalue weighted by molar-refractivity contribution is 0.223. The highest BCUT2D eigenvalue weighted by atomic mass is 16.3. The van der Waals surface area contributed by atoms with Crippen molar-refractivity contribution in [2.24, 2.45) is 0 Å². The number of aliphatic hydroxyl groups excluding tert-OH is 1. The molecule has 1 atom stereocenters. The highest BCUT2D eigenvalue weighted by molar-refractivity contribution is 5.17. The van der Waals surface area contributed by atoms with Crippen LogP contribution in [-0.4, -0.2) is 11.2 Å². The molecule has 1 nitrogen and oxygen atoms in total. The Morgan fingerprint density at radius 3 is 3.00 bits per heavy atom. The molecule has 1 rings (SSSR count). The summed E-state index contributed by atoms with van der Waals surface area (Å²) in [5, 5.41) is 9.11. The fraction of sp³-hybridized carbons (Fsp3) is 0.556. The van der Waals surface area contributed by atoms with Gasteiger partial charge in [-0.2, -0.15) is 0 Å². The van der Waals surface area contributed by atoms with E-state index in [1.54, 1.807) is 0 Å². The number of aliphatic hydroxyl groups is 1. The summed E-state index contributed by atoms with van der Waals surface area (Å²) in [4.78, 5) is 0. The first-order valence-corrected chi connectivity index (χ1v) is 3.70. The van der Waals surface area contributed by atoms with E-state index in [1.165, 1.54) is 11.1 Å². The van der Waals surface area contributed by atoms with Crippen molar-refractivity contribution in [3.8, 4) is 0 Å². The van der Waals surface area contributed by atoms with E-state index >= 15 is 0 Å². The summed E-state index contributed by atoms with van der Waals surface area (Å²) in [5.41, 5.74) is 2.53. The Hall–Kier alpha value is -0.560. The number of hydrogen-bond acceptors (Lipinski definition) is 1. The summed E-state index contributed by atoms with van der Waals surface area (Å²) in [6.45, 7) is 5.84. The Kier molecular flexibility index (Phi) is 2.28. The van der Waals surface area contributed by atoms with E-state index in [0.717, 1.165) is 19.3 Å². The molecule has 0 bridgehead atoms. The fourth-order valence-electron chi connectivity index (χ4n) is 1.31. The van der Waals surface area contributed by atoms with Gasteiger partial charge >= 0.3 is 0 Å². The summed E-state index contributed by atoms with van der Waals surface area (Å²) in [6.07, 6.45) is 4.69. The molecule has 1 unspecified atom stereocenters. The van der Waals surface area contributed by atoms with Gasteiger partial charge in [-0.3, -0.25) is 0 Å². The summed E-state index contributed by atoms with van der Waals surface area (Å²) in [7, 11) is 0. The molecule has 0 fully saturated rings. The van der Waals surface area contributed by atoms with Crippen molar-refractivity contribution in [2.45, 2.75) is 32.3 Å². The Morgan fingerprint density at radius 2 is 2.60 bits per heavy atom. The van der Waals surface area contributed by atoms with Crippen LogP contribution in [0.1, 0.15) is 26.2 Å². The van der Waals surface area contributed by atoms with E-state index in [2.05, 4.69) is 6.58 Å². The Balaban J connectivity index is 2.43. The fourth-order valence-corrected chi connectivity index (χ4v) is 1.31. The molecule has 10 heavy (non-hydrogen) atoms. The first-order valence-electron chi connectivity index (χ1n) is 3.70. The maximum atomic E-state index is 9.11. The van der Waals surface area contributed by atoms with Crippen LogP contribution in [-0.2, 0) is 0 Å². The van der Waals surface area contributed by atoms with E-state index in [4.69, 9.17) is 5.11 Å². The first kappa shape index (κ1) is 7.55. The van der Waals surface area contributed by atoms with Crippen LogP contribution in [0.4, 0.5) is 0 Å². The molecule has 0 amide bonds. The second kappa shape index (κ2) is 3.02. The summed E-state index contributed by atoms with van der Waals surface area (Å²) >= 11 is 0. The lowest BCUT2D eigenvalue weighted by atomic mass is 10.1. The van der Waals surface area contributed by atoms with Gasteiger partial charge < -0.3 is 5.11 Å². The maximum Gasteiger partial charge on any atom is 0.0726 e. The van der Waals surface area contributed by atoms with E-state index in [-0.39, 0.29) is 6.10 Å². The molecule has 1 N–H and O–H groups in total. The monoisotopic (exact) mass is 138 g/mol. The van der Waals surface area contributed by atoms with Crippen molar-refractivity contribution in [3.63, 3.8) is 0 Å². The van der Waals surface area contributed by atoms with Gasteiger partial charge in [-0.15, -0.1) is 0 Å². The van der Waals surface area contributed by atoms with Crippen LogP contribution in [0.25, 0.3) is 0 Å². The van der Waals surface area contributed by atoms with Crippen molar-refractivity contribution < 1.29 is 5.11 Å². The molecule has 0 spiro atoms. The van der Waals surface area contributed by atoms with E-state index < -0.39 is 0 Å². The molecule has 0 heterocycles. The third-order valence-electron chi connectivity index (χ3n) is 1.72. The SMILES string of the molecule is C=C(C)CC1=CC(O)CC1. The molecule has 0 aromatic carbocycles. The molecule has 1 aliphatic rings. The summed E-state index contributed by atoms with van der Waals surface area (Å²) in [6, 6.07) is 0. The van der Waals surface area contributed by atoms with Crippen LogP contribution >= 0.6 is 0 Å². The zero-order valence-corrected chi connectivity index (χ0v) is 6.43. The summed E-state index contributed by atoms with van der Waals surface area (Å²) in [5.74, 6) is 0. The molecule has 1 aliphatic carbocycles. The van der Waals surface area contributed by atoms with Crippen molar-refractivity contribution >= 4 is 0 Å². The number of rotatable bonds is 2. The van der Waals surface area contributed by atoms with Gasteiger partial charge in [0, 0.05) is 0 Å². The molecule has 0 saturated carbocycles. The molecule has 56 valence electrons. The van der Waals surface area contributed by atoms with Gasteiger partial charge in [-0.25, -0.2) is 0 Å². The minimum absolute atomic E-state index is 0.186. The van der Waals surface area contributed by atoms with Gasteiger partial charge in [-0.1, -0.05) is 23.8 Å². The largest absolute Gasteiger partial charge is 0.389 e. The van der Waals surface area contributed by atoms with Gasteiger partial charge in [0.05, 0.1) is 6.10 Å². The minimum Gasteiger partial charge on any atom is -0.389 e. The standard InChI is InChI=1S/C9H14O/c1-7(2)5-8-3-4-9(10)6-8/h6,9-10H,1,3-5H2,2H3. The average molecular weight is 138 g/mol. The predicted molar refractivity (Wildman–Crippen MR) is 42.8 cm³/mol. The molecule has 0 radical (unpaired) electrons. The molecule has 1 heteroatoms. The van der Waals surface area contributed by atoms with Gasteiger partial charge in [0.15, 0.2) is 0 Å². The van der Waals surface area contributed by atoms with Crippen molar-refractivity contribution in [1.82, 2.24) is 0 Å². The first-order chi connectivity index (χ1) is 4.68. The van der Waals surface area contributed by atoms with Gasteiger partial charge in [0.2, 0.25) is 0 Å². The average Bonchev–Trinajstić information content (AvgIpc) is 2.13. The lowest BCUT2D eigenvalue weighted by Crippen LogP contribution is -1.93. The third kappa shape index (κ3) is 1.99. The molecular weight excluding hydrogens is 124 g/mol. The number of hydrogen-bond donors (Lipinski definition) is 1. The van der Waals surface area contributed by atoms with Crippen LogP contribution in [0.3, 0.4) is 0 Å². The van der Waals surface area contributed by atoms with Gasteiger partial charge in [-0.05, 0) is 26.2 Å². The molecule has 0 aromatic heterocycles. The maximum absolute atomic E-state index is 9.11. The van der Waals surface area contributed by atoms with Crippen molar-refractivity contribution in [2.75, 3.05) is 0 Å². The van der Waals surface area contributed by atoms with E-state index in [9.17, 15) is 0 Å². The van der Waals surface area contributed by atoms with Crippen molar-refractivity contribution in [1.29, 1.82) is 0 Å². The molecule has 0 aromatic rings. The van der Waals surface area contributed by atoms with Gasteiger partial charge in [0.25, 0.3) is 0 Å². The van der Waals surface area contributed by atoms with Gasteiger partial charge in [0.1, 0.15) is 0 Å². The molecular formula is C9H14O. The quantitative estimate of drug-likeness (QED) is 0.579. The Bertz CT molecular complexity index is 168. The second-order valence-corrected chi connectivity index (χ2v) is 3.06. The highest BCUT2D eigenvalue weighted by Gasteiger charge is 2.11. The van der Waals surface area contributed by atoms with Crippen molar-refractivity contribution in [3.05, 3.63) is 23.8 Å². The van der Waals surface area contributed by atoms with Crippen LogP contribution in [0.5, 0.6) is 0 Å². The summed E-state index contributed by atoms with van der Waals surface area (Å²) < 4.78 is 0. The lowest BCUT2D eigenvalue weighted by Gasteiger charge is -1.97. The molecule has 0 aliphatic heterocycles. The zero-order valence-electron chi connectivity index (χ0n) is 6.43. The highest BCUT2D eigenvalue weighted by Crippen LogP contribution is 2.23. The third-order valence-corrected chi connectivity index (χ3v) is 1.72. The van der Waals surface area contributed by atoms with Crippen LogP contribution < -0.4 is 0 Å². The Morgan fingerprint density at radius 1 is 1.90 bits per heavy atom. The Labute approximate surface area is 62.1 Å². The van der Waals surface area contributed by atoms with Crippen LogP contribution in [0, 0.1) is 0 Å². The predicted octanol–water partition coefficient (Wildman–Crippen LogP) is 2.03. The van der Waals surface area contributed by atoms with Crippen LogP contribution in [0.15, 0.2) is 23.8 Å². The second-order valence-electron chi connectivity index (χ2n) is 3.06. The normalized spacial score (nSPS) is 24.6. The topological polar surface area (TPSA) is 20.2 Å². The minimum atomic E-state index is -0.186. The van der Waals surface area contributed by atoms with Crippen LogP contribution in [0.2, 0.25) is 0 Å². The molecule has 0 saturated heterocycles. The zero-order chi connectivity index (χ0) is 7.56.